The van der Waals surface area contributed by atoms with E-state index in [9.17, 15) is 15.0 Å². The van der Waals surface area contributed by atoms with Crippen molar-refractivity contribution < 1.29 is 15.0 Å². The van der Waals surface area contributed by atoms with Crippen LogP contribution in [0.5, 0.6) is 11.5 Å². The molecule has 5 heteroatoms. The number of hydrogen-bond acceptors (Lipinski definition) is 4. The zero-order chi connectivity index (χ0) is 12.3. The molecule has 92 valence electrons. The van der Waals surface area contributed by atoms with E-state index in [0.717, 1.165) is 0 Å². The first kappa shape index (κ1) is 11.7. The van der Waals surface area contributed by atoms with Gasteiger partial charge in [-0.2, -0.15) is 0 Å². The van der Waals surface area contributed by atoms with Crippen molar-refractivity contribution in [2.75, 3.05) is 13.1 Å². The third-order valence-corrected chi connectivity index (χ3v) is 2.67. The summed E-state index contributed by atoms with van der Waals surface area (Å²) in [5.74, 6) is -0.881. The van der Waals surface area contributed by atoms with Crippen LogP contribution in [0.15, 0.2) is 18.2 Å². The SMILES string of the molecule is O=C(NCCNC1CC1)c1c(O)cccc1O. The molecule has 0 radical (unpaired) electrons. The summed E-state index contributed by atoms with van der Waals surface area (Å²) in [6, 6.07) is 4.83. The lowest BCUT2D eigenvalue weighted by Gasteiger charge is -2.08. The molecule has 1 saturated carbocycles. The Morgan fingerprint density at radius 1 is 1.24 bits per heavy atom. The Balaban J connectivity index is 1.85. The highest BCUT2D eigenvalue weighted by Crippen LogP contribution is 2.25. The molecular weight excluding hydrogens is 220 g/mol. The van der Waals surface area contributed by atoms with Gasteiger partial charge in [0.15, 0.2) is 0 Å². The fourth-order valence-corrected chi connectivity index (χ4v) is 1.59. The number of rotatable bonds is 5. The summed E-state index contributed by atoms with van der Waals surface area (Å²) in [6.07, 6.45) is 2.41. The predicted octanol–water partition coefficient (Wildman–Crippen LogP) is 0.580. The van der Waals surface area contributed by atoms with Gasteiger partial charge in [-0.05, 0) is 25.0 Å². The summed E-state index contributed by atoms with van der Waals surface area (Å²) in [7, 11) is 0. The Hall–Kier alpha value is -1.75. The Bertz CT molecular complexity index is 396. The van der Waals surface area contributed by atoms with Crippen molar-refractivity contribution in [3.05, 3.63) is 23.8 Å². The van der Waals surface area contributed by atoms with Gasteiger partial charge in [0.1, 0.15) is 17.1 Å². The van der Waals surface area contributed by atoms with E-state index in [-0.39, 0.29) is 17.1 Å². The minimum Gasteiger partial charge on any atom is -0.507 e. The molecule has 2 rings (SSSR count). The van der Waals surface area contributed by atoms with E-state index in [2.05, 4.69) is 10.6 Å². The molecule has 0 unspecified atom stereocenters. The summed E-state index contributed by atoms with van der Waals surface area (Å²) in [6.45, 7) is 1.17. The van der Waals surface area contributed by atoms with E-state index in [0.29, 0.717) is 19.1 Å². The number of phenolic OH excluding ortho intramolecular Hbond substituents is 2. The van der Waals surface area contributed by atoms with Crippen LogP contribution in [0.2, 0.25) is 0 Å². The van der Waals surface area contributed by atoms with Gasteiger partial charge in [-0.1, -0.05) is 6.07 Å². The fourth-order valence-electron chi connectivity index (χ4n) is 1.59. The average Bonchev–Trinajstić information content (AvgIpc) is 3.08. The smallest absolute Gasteiger partial charge is 0.258 e. The standard InChI is InChI=1S/C12H16N2O3/c15-9-2-1-3-10(16)11(9)12(17)14-7-6-13-8-4-5-8/h1-3,8,13,15-16H,4-7H2,(H,14,17). The first-order chi connectivity index (χ1) is 8.18. The van der Waals surface area contributed by atoms with Crippen molar-refractivity contribution in [2.45, 2.75) is 18.9 Å². The lowest BCUT2D eigenvalue weighted by molar-refractivity contribution is 0.0948. The van der Waals surface area contributed by atoms with Crippen LogP contribution in [0.25, 0.3) is 0 Å². The van der Waals surface area contributed by atoms with Gasteiger partial charge >= 0.3 is 0 Å². The van der Waals surface area contributed by atoms with Gasteiger partial charge in [-0.25, -0.2) is 0 Å². The Morgan fingerprint density at radius 2 is 1.88 bits per heavy atom. The van der Waals surface area contributed by atoms with Crippen molar-refractivity contribution in [2.24, 2.45) is 0 Å². The summed E-state index contributed by atoms with van der Waals surface area (Å²) in [4.78, 5) is 11.7. The Morgan fingerprint density at radius 3 is 2.47 bits per heavy atom. The number of hydrogen-bond donors (Lipinski definition) is 4. The molecule has 0 aliphatic heterocycles. The molecule has 1 aromatic rings. The molecule has 0 saturated heterocycles. The summed E-state index contributed by atoms with van der Waals surface area (Å²) in [5.41, 5.74) is -0.0704. The van der Waals surface area contributed by atoms with Crippen LogP contribution >= 0.6 is 0 Å². The topological polar surface area (TPSA) is 81.6 Å². The first-order valence-electron chi connectivity index (χ1n) is 5.71. The van der Waals surface area contributed by atoms with Crippen molar-refractivity contribution >= 4 is 5.91 Å². The monoisotopic (exact) mass is 236 g/mol. The lowest BCUT2D eigenvalue weighted by atomic mass is 10.1. The van der Waals surface area contributed by atoms with Gasteiger partial charge in [0, 0.05) is 19.1 Å². The van der Waals surface area contributed by atoms with Gasteiger partial charge in [0.25, 0.3) is 5.91 Å². The fraction of sp³-hybridized carbons (Fsp3) is 0.417. The molecule has 1 aliphatic carbocycles. The van der Waals surface area contributed by atoms with Crippen LogP contribution in [0.3, 0.4) is 0 Å². The van der Waals surface area contributed by atoms with Crippen molar-refractivity contribution in [3.8, 4) is 11.5 Å². The van der Waals surface area contributed by atoms with Crippen molar-refractivity contribution in [3.63, 3.8) is 0 Å². The van der Waals surface area contributed by atoms with E-state index in [1.807, 2.05) is 0 Å². The van der Waals surface area contributed by atoms with Crippen LogP contribution in [-0.2, 0) is 0 Å². The third-order valence-electron chi connectivity index (χ3n) is 2.67. The molecule has 1 aromatic carbocycles. The van der Waals surface area contributed by atoms with Gasteiger partial charge < -0.3 is 20.8 Å². The second-order valence-electron chi connectivity index (χ2n) is 4.16. The number of carbonyl (C=O) groups is 1. The first-order valence-corrected chi connectivity index (χ1v) is 5.71. The van der Waals surface area contributed by atoms with Crippen LogP contribution < -0.4 is 10.6 Å². The molecule has 0 spiro atoms. The highest BCUT2D eigenvalue weighted by atomic mass is 16.3. The van der Waals surface area contributed by atoms with Gasteiger partial charge in [0.05, 0.1) is 0 Å². The molecule has 1 aliphatic rings. The largest absolute Gasteiger partial charge is 0.507 e. The average molecular weight is 236 g/mol. The number of benzene rings is 1. The van der Waals surface area contributed by atoms with Crippen molar-refractivity contribution in [1.82, 2.24) is 10.6 Å². The van der Waals surface area contributed by atoms with E-state index in [4.69, 9.17) is 0 Å². The second-order valence-corrected chi connectivity index (χ2v) is 4.16. The molecular formula is C12H16N2O3. The molecule has 4 N–H and O–H groups in total. The minimum atomic E-state index is -0.460. The maximum absolute atomic E-state index is 11.7. The normalized spacial score (nSPS) is 14.6. The molecule has 17 heavy (non-hydrogen) atoms. The number of carbonyl (C=O) groups excluding carboxylic acids is 1. The molecule has 0 atom stereocenters. The number of aromatic hydroxyl groups is 2. The van der Waals surface area contributed by atoms with E-state index in [1.165, 1.54) is 31.0 Å². The molecule has 1 amide bonds. The van der Waals surface area contributed by atoms with E-state index in [1.54, 1.807) is 0 Å². The number of phenols is 2. The third kappa shape index (κ3) is 3.10. The zero-order valence-corrected chi connectivity index (χ0v) is 9.44. The molecule has 0 bridgehead atoms. The summed E-state index contributed by atoms with van der Waals surface area (Å²) < 4.78 is 0. The highest BCUT2D eigenvalue weighted by molar-refractivity contribution is 5.99. The molecule has 0 heterocycles. The predicted molar refractivity (Wildman–Crippen MR) is 63.1 cm³/mol. The second kappa shape index (κ2) is 5.05. The highest BCUT2D eigenvalue weighted by Gasteiger charge is 2.20. The Kier molecular flexibility index (Phi) is 3.49. The van der Waals surface area contributed by atoms with E-state index >= 15 is 0 Å². The maximum Gasteiger partial charge on any atom is 0.258 e. The molecule has 1 fully saturated rings. The minimum absolute atomic E-state index is 0.0704. The van der Waals surface area contributed by atoms with Gasteiger partial charge in [0.2, 0.25) is 0 Å². The zero-order valence-electron chi connectivity index (χ0n) is 9.44. The van der Waals surface area contributed by atoms with Gasteiger partial charge in [-0.3, -0.25) is 4.79 Å². The number of amides is 1. The molecule has 0 aromatic heterocycles. The quantitative estimate of drug-likeness (QED) is 0.564. The summed E-state index contributed by atoms with van der Waals surface area (Å²) in [5, 5.41) is 24.9. The number of nitrogens with one attached hydrogen (secondary N) is 2. The van der Waals surface area contributed by atoms with Crippen LogP contribution in [0, 0.1) is 0 Å². The summed E-state index contributed by atoms with van der Waals surface area (Å²) >= 11 is 0. The molecule has 5 nitrogen and oxygen atoms in total. The van der Waals surface area contributed by atoms with Crippen LogP contribution in [0.1, 0.15) is 23.2 Å². The van der Waals surface area contributed by atoms with E-state index < -0.39 is 5.91 Å². The van der Waals surface area contributed by atoms with Crippen LogP contribution in [-0.4, -0.2) is 35.3 Å². The maximum atomic E-state index is 11.7. The van der Waals surface area contributed by atoms with Gasteiger partial charge in [-0.15, -0.1) is 0 Å². The Labute approximate surface area is 99.5 Å². The van der Waals surface area contributed by atoms with Crippen LogP contribution in [0.4, 0.5) is 0 Å². The lowest BCUT2D eigenvalue weighted by Crippen LogP contribution is -2.32. The van der Waals surface area contributed by atoms with Crippen molar-refractivity contribution in [1.29, 1.82) is 0 Å².